The third-order valence-electron chi connectivity index (χ3n) is 4.46. The third-order valence-corrected chi connectivity index (χ3v) is 4.46. The first-order valence-corrected chi connectivity index (χ1v) is 7.22. The van der Waals surface area contributed by atoms with Crippen LogP contribution < -0.4 is 5.73 Å². The molecule has 1 aliphatic rings. The Bertz CT molecular complexity index is 421. The van der Waals surface area contributed by atoms with Crippen LogP contribution in [0.25, 0.3) is 0 Å². The average Bonchev–Trinajstić information content (AvgIpc) is 2.38. The molecule has 1 aromatic carbocycles. The molecule has 0 aromatic heterocycles. The molecule has 19 heavy (non-hydrogen) atoms. The van der Waals surface area contributed by atoms with Crippen LogP contribution in [0.5, 0.6) is 5.75 Å². The fraction of sp³-hybridized carbons (Fsp3) is 0.625. The van der Waals surface area contributed by atoms with Gasteiger partial charge in [0, 0.05) is 13.1 Å². The minimum atomic E-state index is 0.427. The number of likely N-dealkylation sites (tertiary alicyclic amines) is 1. The van der Waals surface area contributed by atoms with E-state index in [1.165, 1.54) is 12.0 Å². The molecule has 1 saturated heterocycles. The third kappa shape index (κ3) is 3.28. The Morgan fingerprint density at radius 2 is 1.95 bits per heavy atom. The van der Waals surface area contributed by atoms with Gasteiger partial charge >= 0.3 is 0 Å². The van der Waals surface area contributed by atoms with Gasteiger partial charge in [-0.3, -0.25) is 4.90 Å². The predicted molar refractivity (Wildman–Crippen MR) is 79.2 cm³/mol. The van der Waals surface area contributed by atoms with Crippen LogP contribution in [0.2, 0.25) is 0 Å². The van der Waals surface area contributed by atoms with Crippen molar-refractivity contribution in [3.8, 4) is 5.75 Å². The Labute approximate surface area is 116 Å². The summed E-state index contributed by atoms with van der Waals surface area (Å²) >= 11 is 0. The van der Waals surface area contributed by atoms with Gasteiger partial charge in [0.15, 0.2) is 0 Å². The van der Waals surface area contributed by atoms with E-state index in [9.17, 15) is 5.11 Å². The van der Waals surface area contributed by atoms with Gasteiger partial charge in [0.05, 0.1) is 0 Å². The van der Waals surface area contributed by atoms with Crippen LogP contribution in [-0.2, 0) is 6.54 Å². The van der Waals surface area contributed by atoms with Gasteiger partial charge < -0.3 is 10.8 Å². The molecule has 3 heteroatoms. The number of rotatable bonds is 3. The van der Waals surface area contributed by atoms with Gasteiger partial charge in [-0.25, -0.2) is 0 Å². The Morgan fingerprint density at radius 1 is 1.32 bits per heavy atom. The van der Waals surface area contributed by atoms with E-state index in [-0.39, 0.29) is 0 Å². The molecule has 3 N–H and O–H groups in total. The maximum absolute atomic E-state index is 9.82. The number of piperidine rings is 1. The van der Waals surface area contributed by atoms with Crippen LogP contribution in [0.1, 0.15) is 30.0 Å². The Morgan fingerprint density at radius 3 is 2.53 bits per heavy atom. The minimum absolute atomic E-state index is 0.427. The van der Waals surface area contributed by atoms with Crippen molar-refractivity contribution in [1.82, 2.24) is 4.90 Å². The monoisotopic (exact) mass is 262 g/mol. The molecule has 0 amide bonds. The molecular formula is C16H26N2O. The summed E-state index contributed by atoms with van der Waals surface area (Å²) in [6, 6.07) is 4.19. The molecule has 2 unspecified atom stereocenters. The molecule has 1 fully saturated rings. The number of nitrogens with zero attached hydrogens (tertiary/aromatic N) is 1. The molecular weight excluding hydrogens is 236 g/mol. The predicted octanol–water partition coefficient (Wildman–Crippen LogP) is 2.43. The molecule has 2 rings (SSSR count). The van der Waals surface area contributed by atoms with Crippen LogP contribution in [0.15, 0.2) is 12.1 Å². The van der Waals surface area contributed by atoms with Crippen molar-refractivity contribution in [3.05, 3.63) is 28.8 Å². The first kappa shape index (κ1) is 14.4. The maximum atomic E-state index is 9.82. The molecule has 0 bridgehead atoms. The SMILES string of the molecule is Cc1cc(CN2CCC(C)C(CN)C2)cc(C)c1O. The van der Waals surface area contributed by atoms with Gasteiger partial charge in [-0.15, -0.1) is 0 Å². The number of hydrogen-bond acceptors (Lipinski definition) is 3. The Kier molecular flexibility index (Phi) is 4.48. The highest BCUT2D eigenvalue weighted by molar-refractivity contribution is 5.42. The standard InChI is InChI=1S/C16H26N2O/c1-11-4-5-18(10-15(11)8-17)9-14-6-12(2)16(19)13(3)7-14/h6-7,11,15,19H,4-5,8-10,17H2,1-3H3. The van der Waals surface area contributed by atoms with Crippen molar-refractivity contribution >= 4 is 0 Å². The van der Waals surface area contributed by atoms with E-state index in [1.54, 1.807) is 0 Å². The summed E-state index contributed by atoms with van der Waals surface area (Å²) in [6.45, 7) is 10.2. The molecule has 0 radical (unpaired) electrons. The Hall–Kier alpha value is -1.06. The van der Waals surface area contributed by atoms with E-state index < -0.39 is 0 Å². The molecule has 1 heterocycles. The molecule has 3 nitrogen and oxygen atoms in total. The zero-order valence-corrected chi connectivity index (χ0v) is 12.3. The van der Waals surface area contributed by atoms with Crippen molar-refractivity contribution in [3.63, 3.8) is 0 Å². The number of phenols is 1. The molecule has 0 spiro atoms. The summed E-state index contributed by atoms with van der Waals surface area (Å²) in [7, 11) is 0. The van der Waals surface area contributed by atoms with E-state index in [4.69, 9.17) is 5.73 Å². The number of phenolic OH excluding ortho intramolecular Hbond substituents is 1. The second kappa shape index (κ2) is 5.93. The molecule has 1 aliphatic heterocycles. The fourth-order valence-corrected chi connectivity index (χ4v) is 3.07. The van der Waals surface area contributed by atoms with E-state index in [2.05, 4.69) is 24.0 Å². The normalized spacial score (nSPS) is 24.6. The molecule has 1 aromatic rings. The van der Waals surface area contributed by atoms with Crippen LogP contribution in [0.3, 0.4) is 0 Å². The first-order valence-electron chi connectivity index (χ1n) is 7.22. The lowest BCUT2D eigenvalue weighted by molar-refractivity contribution is 0.126. The number of hydrogen-bond donors (Lipinski definition) is 2. The smallest absolute Gasteiger partial charge is 0.121 e. The highest BCUT2D eigenvalue weighted by Gasteiger charge is 2.25. The first-order chi connectivity index (χ1) is 9.01. The summed E-state index contributed by atoms with van der Waals surface area (Å²) in [6.07, 6.45) is 1.23. The van der Waals surface area contributed by atoms with Crippen LogP contribution >= 0.6 is 0 Å². The second-order valence-corrected chi connectivity index (χ2v) is 6.08. The summed E-state index contributed by atoms with van der Waals surface area (Å²) in [5, 5.41) is 9.82. The van der Waals surface area contributed by atoms with E-state index in [0.29, 0.717) is 11.7 Å². The van der Waals surface area contributed by atoms with Crippen LogP contribution in [0.4, 0.5) is 0 Å². The van der Waals surface area contributed by atoms with Crippen molar-refractivity contribution < 1.29 is 5.11 Å². The largest absolute Gasteiger partial charge is 0.507 e. The van der Waals surface area contributed by atoms with Gasteiger partial charge in [0.2, 0.25) is 0 Å². The molecule has 0 aliphatic carbocycles. The Balaban J connectivity index is 2.05. The average molecular weight is 262 g/mol. The molecule has 106 valence electrons. The van der Waals surface area contributed by atoms with Crippen molar-refractivity contribution in [1.29, 1.82) is 0 Å². The van der Waals surface area contributed by atoms with Crippen molar-refractivity contribution in [2.45, 2.75) is 33.7 Å². The molecule has 2 atom stereocenters. The summed E-state index contributed by atoms with van der Waals surface area (Å²) in [5.74, 6) is 1.79. The summed E-state index contributed by atoms with van der Waals surface area (Å²) in [5.41, 5.74) is 9.08. The van der Waals surface area contributed by atoms with E-state index in [1.807, 2.05) is 13.8 Å². The number of benzene rings is 1. The lowest BCUT2D eigenvalue weighted by Gasteiger charge is -2.36. The van der Waals surface area contributed by atoms with Crippen molar-refractivity contribution in [2.24, 2.45) is 17.6 Å². The van der Waals surface area contributed by atoms with Crippen LogP contribution in [0, 0.1) is 25.7 Å². The lowest BCUT2D eigenvalue weighted by Crippen LogP contribution is -2.42. The number of aryl methyl sites for hydroxylation is 2. The highest BCUT2D eigenvalue weighted by atomic mass is 16.3. The highest BCUT2D eigenvalue weighted by Crippen LogP contribution is 2.26. The van der Waals surface area contributed by atoms with E-state index >= 15 is 0 Å². The summed E-state index contributed by atoms with van der Waals surface area (Å²) < 4.78 is 0. The maximum Gasteiger partial charge on any atom is 0.121 e. The lowest BCUT2D eigenvalue weighted by atomic mass is 9.87. The van der Waals surface area contributed by atoms with Gasteiger partial charge in [0.25, 0.3) is 0 Å². The van der Waals surface area contributed by atoms with Crippen molar-refractivity contribution in [2.75, 3.05) is 19.6 Å². The number of aromatic hydroxyl groups is 1. The van der Waals surface area contributed by atoms with E-state index in [0.717, 1.165) is 43.2 Å². The fourth-order valence-electron chi connectivity index (χ4n) is 3.07. The minimum Gasteiger partial charge on any atom is -0.507 e. The zero-order chi connectivity index (χ0) is 14.0. The molecule has 0 saturated carbocycles. The topological polar surface area (TPSA) is 49.5 Å². The van der Waals surface area contributed by atoms with Gasteiger partial charge in [-0.2, -0.15) is 0 Å². The second-order valence-electron chi connectivity index (χ2n) is 6.08. The quantitative estimate of drug-likeness (QED) is 0.879. The van der Waals surface area contributed by atoms with Gasteiger partial charge in [-0.1, -0.05) is 19.1 Å². The summed E-state index contributed by atoms with van der Waals surface area (Å²) in [4.78, 5) is 2.49. The zero-order valence-electron chi connectivity index (χ0n) is 12.3. The van der Waals surface area contributed by atoms with Gasteiger partial charge in [0.1, 0.15) is 5.75 Å². The van der Waals surface area contributed by atoms with Gasteiger partial charge in [-0.05, 0) is 61.9 Å². The number of nitrogens with two attached hydrogens (primary N) is 1. The van der Waals surface area contributed by atoms with Crippen LogP contribution in [-0.4, -0.2) is 29.6 Å².